The van der Waals surface area contributed by atoms with Gasteiger partial charge in [0.05, 0.1) is 0 Å². The molecule has 5 heteroatoms. The van der Waals surface area contributed by atoms with E-state index in [2.05, 4.69) is 9.98 Å². The molecular formula is C18H13Cl2N3. The van der Waals surface area contributed by atoms with Crippen molar-refractivity contribution in [2.75, 3.05) is 5.73 Å². The Hall–Kier alpha value is -2.36. The summed E-state index contributed by atoms with van der Waals surface area (Å²) in [6.45, 7) is 0. The van der Waals surface area contributed by atoms with Gasteiger partial charge in [0.15, 0.2) is 5.15 Å². The molecule has 0 amide bonds. The second-order valence-electron chi connectivity index (χ2n) is 4.89. The van der Waals surface area contributed by atoms with Crippen molar-refractivity contribution in [3.05, 3.63) is 76.5 Å². The molecule has 0 unspecified atom stereocenters. The highest BCUT2D eigenvalue weighted by Gasteiger charge is 2.07. The quantitative estimate of drug-likeness (QED) is 0.394. The summed E-state index contributed by atoms with van der Waals surface area (Å²) in [6, 6.07) is 16.8. The van der Waals surface area contributed by atoms with Gasteiger partial charge in [-0.2, -0.15) is 0 Å². The molecule has 0 aliphatic carbocycles. The Morgan fingerprint density at radius 1 is 0.957 bits per heavy atom. The minimum atomic E-state index is 0.364. The van der Waals surface area contributed by atoms with Gasteiger partial charge in [-0.25, -0.2) is 4.98 Å². The van der Waals surface area contributed by atoms with Crippen LogP contribution >= 0.6 is 23.2 Å². The number of benzene rings is 2. The number of anilines is 1. The average Bonchev–Trinajstić information content (AvgIpc) is 2.57. The highest BCUT2D eigenvalue weighted by molar-refractivity contribution is 6.32. The van der Waals surface area contributed by atoms with Crippen LogP contribution in [0.2, 0.25) is 10.2 Å². The predicted molar refractivity (Wildman–Crippen MR) is 97.8 cm³/mol. The lowest BCUT2D eigenvalue weighted by molar-refractivity contribution is 1.31. The van der Waals surface area contributed by atoms with E-state index in [9.17, 15) is 0 Å². The Balaban J connectivity index is 2.05. The molecule has 3 nitrogen and oxygen atoms in total. The van der Waals surface area contributed by atoms with Crippen LogP contribution in [-0.2, 0) is 0 Å². The largest absolute Gasteiger partial charge is 0.398 e. The molecule has 0 saturated carbocycles. The molecule has 0 radical (unpaired) electrons. The summed E-state index contributed by atoms with van der Waals surface area (Å²) in [5.41, 5.74) is 10.1. The smallest absolute Gasteiger partial charge is 0.154 e. The molecule has 0 saturated heterocycles. The Kier molecular flexibility index (Phi) is 4.60. The van der Waals surface area contributed by atoms with Gasteiger partial charge < -0.3 is 5.73 Å². The fourth-order valence-corrected chi connectivity index (χ4v) is 2.57. The van der Waals surface area contributed by atoms with E-state index in [0.29, 0.717) is 21.6 Å². The van der Waals surface area contributed by atoms with E-state index < -0.39 is 0 Å². The zero-order valence-electron chi connectivity index (χ0n) is 12.1. The van der Waals surface area contributed by atoms with Crippen LogP contribution in [0.3, 0.4) is 0 Å². The third-order valence-electron chi connectivity index (χ3n) is 3.35. The number of hydrogen-bond acceptors (Lipinski definition) is 3. The van der Waals surface area contributed by atoms with Crippen LogP contribution in [0.4, 0.5) is 11.4 Å². The molecule has 3 aromatic rings. The fraction of sp³-hybridized carbons (Fsp3) is 0. The molecular weight excluding hydrogens is 329 g/mol. The van der Waals surface area contributed by atoms with Crippen molar-refractivity contribution in [3.8, 4) is 11.1 Å². The van der Waals surface area contributed by atoms with E-state index in [-0.39, 0.29) is 0 Å². The van der Waals surface area contributed by atoms with E-state index >= 15 is 0 Å². The number of halogens is 2. The second kappa shape index (κ2) is 6.82. The maximum absolute atomic E-state index is 6.10. The van der Waals surface area contributed by atoms with Crippen LogP contribution in [-0.4, -0.2) is 11.2 Å². The molecule has 0 aliphatic heterocycles. The van der Waals surface area contributed by atoms with Crippen LogP contribution in [0, 0.1) is 0 Å². The molecule has 0 atom stereocenters. The van der Waals surface area contributed by atoms with E-state index in [4.69, 9.17) is 28.9 Å². The SMILES string of the molecule is Nc1ccc(Cl)cc1-c1ccccc1C=Nc1cccnc1Cl. The predicted octanol–water partition coefficient (Wildman–Crippen LogP) is 5.39. The first-order chi connectivity index (χ1) is 11.1. The molecule has 1 aromatic heterocycles. The molecule has 23 heavy (non-hydrogen) atoms. The molecule has 2 aromatic carbocycles. The number of nitrogens with zero attached hydrogens (tertiary/aromatic N) is 2. The number of aliphatic imine (C=N–C) groups is 1. The average molecular weight is 342 g/mol. The Morgan fingerprint density at radius 2 is 1.78 bits per heavy atom. The number of rotatable bonds is 3. The number of nitrogen functional groups attached to an aromatic ring is 1. The van der Waals surface area contributed by atoms with Gasteiger partial charge in [-0.3, -0.25) is 4.99 Å². The van der Waals surface area contributed by atoms with Gasteiger partial charge in [0.1, 0.15) is 5.69 Å². The topological polar surface area (TPSA) is 51.3 Å². The van der Waals surface area contributed by atoms with Crippen LogP contribution in [0.15, 0.2) is 65.8 Å². The van der Waals surface area contributed by atoms with Crippen molar-refractivity contribution in [3.63, 3.8) is 0 Å². The zero-order chi connectivity index (χ0) is 16.2. The van der Waals surface area contributed by atoms with Crippen LogP contribution in [0.5, 0.6) is 0 Å². The number of hydrogen-bond donors (Lipinski definition) is 1. The fourth-order valence-electron chi connectivity index (χ4n) is 2.23. The third-order valence-corrected chi connectivity index (χ3v) is 3.87. The first-order valence-electron chi connectivity index (χ1n) is 6.94. The Labute approximate surface area is 144 Å². The molecule has 0 fully saturated rings. The van der Waals surface area contributed by atoms with Gasteiger partial charge in [0, 0.05) is 34.2 Å². The molecule has 2 N–H and O–H groups in total. The summed E-state index contributed by atoms with van der Waals surface area (Å²) < 4.78 is 0. The number of nitrogens with two attached hydrogens (primary N) is 1. The molecule has 0 spiro atoms. The highest BCUT2D eigenvalue weighted by atomic mass is 35.5. The van der Waals surface area contributed by atoms with Gasteiger partial charge in [-0.1, -0.05) is 47.5 Å². The van der Waals surface area contributed by atoms with Crippen molar-refractivity contribution in [2.24, 2.45) is 4.99 Å². The standard InChI is InChI=1S/C18H13Cl2N3/c19-13-7-8-16(21)15(10-13)14-5-2-1-4-12(14)11-23-17-6-3-9-22-18(17)20/h1-11H,21H2. The third kappa shape index (κ3) is 3.52. The normalized spacial score (nSPS) is 11.0. The van der Waals surface area contributed by atoms with Crippen molar-refractivity contribution < 1.29 is 0 Å². The van der Waals surface area contributed by atoms with Crippen LogP contribution in [0.25, 0.3) is 11.1 Å². The van der Waals surface area contributed by atoms with Gasteiger partial charge in [-0.15, -0.1) is 0 Å². The molecule has 0 bridgehead atoms. The van der Waals surface area contributed by atoms with Gasteiger partial charge in [-0.05, 0) is 35.9 Å². The van der Waals surface area contributed by atoms with E-state index in [0.717, 1.165) is 16.7 Å². The Bertz CT molecular complexity index is 876. The van der Waals surface area contributed by atoms with Crippen LogP contribution < -0.4 is 5.73 Å². The highest BCUT2D eigenvalue weighted by Crippen LogP contribution is 2.31. The summed E-state index contributed by atoms with van der Waals surface area (Å²) in [6.07, 6.45) is 3.38. The summed E-state index contributed by atoms with van der Waals surface area (Å²) in [4.78, 5) is 8.43. The zero-order valence-corrected chi connectivity index (χ0v) is 13.6. The summed E-state index contributed by atoms with van der Waals surface area (Å²) in [5, 5.41) is 1.000. The van der Waals surface area contributed by atoms with E-state index in [1.165, 1.54) is 0 Å². The second-order valence-corrected chi connectivity index (χ2v) is 5.68. The lowest BCUT2D eigenvalue weighted by atomic mass is 9.99. The lowest BCUT2D eigenvalue weighted by Gasteiger charge is -2.09. The summed E-state index contributed by atoms with van der Waals surface area (Å²) in [7, 11) is 0. The lowest BCUT2D eigenvalue weighted by Crippen LogP contribution is -1.93. The number of aromatic nitrogens is 1. The van der Waals surface area contributed by atoms with Gasteiger partial charge >= 0.3 is 0 Å². The minimum Gasteiger partial charge on any atom is -0.398 e. The first-order valence-corrected chi connectivity index (χ1v) is 7.70. The monoisotopic (exact) mass is 341 g/mol. The van der Waals surface area contributed by atoms with Crippen LogP contribution in [0.1, 0.15) is 5.56 Å². The van der Waals surface area contributed by atoms with E-state index in [1.54, 1.807) is 30.6 Å². The van der Waals surface area contributed by atoms with Crippen molar-refractivity contribution >= 4 is 40.8 Å². The summed E-state index contributed by atoms with van der Waals surface area (Å²) >= 11 is 12.1. The maximum atomic E-state index is 6.10. The molecule has 3 rings (SSSR count). The molecule has 0 aliphatic rings. The van der Waals surface area contributed by atoms with Crippen molar-refractivity contribution in [1.82, 2.24) is 4.98 Å². The number of pyridine rings is 1. The molecule has 1 heterocycles. The first kappa shape index (κ1) is 15.5. The van der Waals surface area contributed by atoms with Crippen molar-refractivity contribution in [1.29, 1.82) is 0 Å². The van der Waals surface area contributed by atoms with Crippen molar-refractivity contribution in [2.45, 2.75) is 0 Å². The van der Waals surface area contributed by atoms with E-state index in [1.807, 2.05) is 36.4 Å². The Morgan fingerprint density at radius 3 is 2.61 bits per heavy atom. The molecule has 114 valence electrons. The minimum absolute atomic E-state index is 0.364. The maximum Gasteiger partial charge on any atom is 0.154 e. The van der Waals surface area contributed by atoms with Gasteiger partial charge in [0.2, 0.25) is 0 Å². The summed E-state index contributed by atoms with van der Waals surface area (Å²) in [5.74, 6) is 0. The van der Waals surface area contributed by atoms with Gasteiger partial charge in [0.25, 0.3) is 0 Å².